The molecular formula is C86H130N14O20. The Balaban J connectivity index is 0.703. The molecule has 5 aromatic rings. The zero-order valence-electron chi connectivity index (χ0n) is 71.8. The van der Waals surface area contributed by atoms with E-state index in [2.05, 4.69) is 48.9 Å². The van der Waals surface area contributed by atoms with Gasteiger partial charge in [0.2, 0.25) is 17.6 Å². The smallest absolute Gasteiger partial charge is 0.329 e. The maximum Gasteiger partial charge on any atom is 0.329 e. The molecule has 16 atom stereocenters. The number of nitrogens with two attached hydrogens (primary N) is 2. The van der Waals surface area contributed by atoms with Gasteiger partial charge in [0.15, 0.2) is 17.8 Å². The summed E-state index contributed by atoms with van der Waals surface area (Å²) >= 11 is 0. The summed E-state index contributed by atoms with van der Waals surface area (Å²) in [5.41, 5.74) is 17.6. The number of piperidine rings is 1. The van der Waals surface area contributed by atoms with E-state index < -0.39 is 78.1 Å². The second-order valence-electron chi connectivity index (χ2n) is 32.3. The third-order valence-electron chi connectivity index (χ3n) is 23.2. The van der Waals surface area contributed by atoms with Crippen LogP contribution < -0.4 is 22.1 Å². The molecule has 1 aromatic carbocycles. The zero-order valence-corrected chi connectivity index (χ0v) is 71.8. The summed E-state index contributed by atoms with van der Waals surface area (Å²) in [6.07, 6.45) is 17.7. The molecule has 3 amide bonds. The highest BCUT2D eigenvalue weighted by atomic mass is 16.6. The molecule has 7 heterocycles. The molecular weight excluding hydrogens is 1550 g/mol. The van der Waals surface area contributed by atoms with Crippen molar-refractivity contribution in [1.82, 2.24) is 55.3 Å². The SMILES string of the molecule is CO[C@H]1C[C@@H]2CC[C@@H](C)[C@@](O)(O2)C(=O)C(=O)N2CCCC[C@H]2C(=O)O[C@H]([C@H](C)C[C@@H]2CC[C@@H](O)[C@H](OC)C2)C[C@@H](OC)[C@H](C)/C=C(\C)[C@@H](O)[C@@H](OC)C(=NOCc2cn(CCOCCOCCOCCOCCNC(=O)CCCC(=O)NCCCCn3nc(-c4ccc5oc(N)nc5c4)c4c(N)ncnc43)nn2)[C@H](C)C[C@H](C)/C=C/C=C/C=C/1C. The van der Waals surface area contributed by atoms with Gasteiger partial charge in [-0.15, -0.1) is 5.10 Å². The minimum atomic E-state index is -2.44. The molecule has 4 aromatic heterocycles. The lowest BCUT2D eigenvalue weighted by molar-refractivity contribution is -0.265. The molecule has 4 aliphatic rings. The van der Waals surface area contributed by atoms with Crippen molar-refractivity contribution in [3.8, 4) is 11.3 Å². The van der Waals surface area contributed by atoms with E-state index in [1.165, 1.54) is 18.3 Å². The van der Waals surface area contributed by atoms with E-state index in [9.17, 15) is 39.3 Å². The summed E-state index contributed by atoms with van der Waals surface area (Å²) in [4.78, 5) is 89.1. The number of ether oxygens (including phenoxy) is 10. The van der Waals surface area contributed by atoms with Crippen molar-refractivity contribution in [2.24, 2.45) is 40.7 Å². The van der Waals surface area contributed by atoms with Crippen LogP contribution in [0.1, 0.15) is 163 Å². The number of allylic oxidation sites excluding steroid dienone is 5. The number of aliphatic hydroxyl groups excluding tert-OH is 2. The number of aryl methyl sites for hydroxylation is 1. The number of cyclic esters (lactones) is 1. The van der Waals surface area contributed by atoms with Gasteiger partial charge in [0.05, 0.1) is 107 Å². The maximum atomic E-state index is 14.9. The Morgan fingerprint density at radius 1 is 0.767 bits per heavy atom. The third-order valence-corrected chi connectivity index (χ3v) is 23.2. The first kappa shape index (κ1) is 95.3. The molecule has 34 heteroatoms. The van der Waals surface area contributed by atoms with Crippen molar-refractivity contribution in [1.29, 1.82) is 0 Å². The minimum Gasteiger partial charge on any atom is -0.460 e. The fourth-order valence-corrected chi connectivity index (χ4v) is 16.3. The number of oxime groups is 1. The Kier molecular flexibility index (Phi) is 38.4. The van der Waals surface area contributed by atoms with Gasteiger partial charge in [0, 0.05) is 104 Å². The second kappa shape index (κ2) is 48.4. The zero-order chi connectivity index (χ0) is 86.3. The monoisotopic (exact) mass is 1680 g/mol. The van der Waals surface area contributed by atoms with Crippen LogP contribution in [0.5, 0.6) is 0 Å². The normalized spacial score (nSPS) is 28.2. The molecule has 664 valence electrons. The van der Waals surface area contributed by atoms with Crippen molar-refractivity contribution >= 4 is 69.2 Å². The molecule has 9 N–H and O–H groups in total. The number of methoxy groups -OCH3 is 4. The number of amides is 3. The highest BCUT2D eigenvalue weighted by molar-refractivity contribution is 6.39. The molecule has 3 aliphatic heterocycles. The number of unbranched alkanes of at least 4 members (excludes halogenated alkanes) is 1. The molecule has 0 radical (unpaired) electrons. The molecule has 3 fully saturated rings. The number of anilines is 2. The van der Waals surface area contributed by atoms with E-state index in [1.807, 2.05) is 77.1 Å². The number of oxazole rings is 1. The van der Waals surface area contributed by atoms with Gasteiger partial charge in [-0.25, -0.2) is 24.1 Å². The van der Waals surface area contributed by atoms with E-state index in [0.717, 1.165) is 17.6 Å². The average Bonchev–Trinajstić information content (AvgIpc) is 1.12. The number of hydrogen-bond acceptors (Lipinski definition) is 29. The van der Waals surface area contributed by atoms with E-state index in [1.54, 1.807) is 49.9 Å². The molecule has 120 heavy (non-hydrogen) atoms. The highest BCUT2D eigenvalue weighted by Crippen LogP contribution is 2.39. The fourth-order valence-electron chi connectivity index (χ4n) is 16.3. The lowest BCUT2D eigenvalue weighted by Crippen LogP contribution is -2.61. The van der Waals surface area contributed by atoms with Crippen LogP contribution in [-0.4, -0.2) is 257 Å². The molecule has 1 aliphatic carbocycles. The van der Waals surface area contributed by atoms with Crippen LogP contribution in [0.4, 0.5) is 11.8 Å². The van der Waals surface area contributed by atoms with Gasteiger partial charge in [-0.1, -0.05) is 81.4 Å². The fraction of sp³-hybridized carbons (Fsp3) is 0.674. The van der Waals surface area contributed by atoms with Gasteiger partial charge in [0.1, 0.15) is 53.4 Å². The molecule has 0 spiro atoms. The van der Waals surface area contributed by atoms with Gasteiger partial charge in [-0.2, -0.15) is 10.1 Å². The Labute approximate surface area is 703 Å². The average molecular weight is 1680 g/mol. The van der Waals surface area contributed by atoms with Crippen LogP contribution in [0.15, 0.2) is 87.9 Å². The molecule has 34 nitrogen and oxygen atoms in total. The van der Waals surface area contributed by atoms with E-state index in [-0.39, 0.29) is 92.4 Å². The topological polar surface area (TPSA) is 440 Å². The number of Topliss-reactive ketones (excluding diaryl/α,β-unsaturated/α-hetero) is 1. The molecule has 2 saturated heterocycles. The summed E-state index contributed by atoms with van der Waals surface area (Å²) < 4.78 is 68.6. The lowest BCUT2D eigenvalue weighted by atomic mass is 9.78. The number of carbonyl (C=O) groups excluding carboxylic acids is 5. The van der Waals surface area contributed by atoms with E-state index >= 15 is 0 Å². The second-order valence-corrected chi connectivity index (χ2v) is 32.3. The van der Waals surface area contributed by atoms with Crippen molar-refractivity contribution < 1.29 is 95.9 Å². The van der Waals surface area contributed by atoms with Gasteiger partial charge in [-0.05, 0) is 144 Å². The predicted molar refractivity (Wildman–Crippen MR) is 448 cm³/mol. The summed E-state index contributed by atoms with van der Waals surface area (Å²) in [5, 5.41) is 59.9. The number of esters is 1. The number of hydrogen-bond donors (Lipinski definition) is 7. The van der Waals surface area contributed by atoms with Gasteiger partial charge in [0.25, 0.3) is 17.7 Å². The number of nitrogens with one attached hydrogen (secondary N) is 2. The Morgan fingerprint density at radius 2 is 1.49 bits per heavy atom. The number of nitrogens with zero attached hydrogens (tertiary/aromatic N) is 10. The quantitative estimate of drug-likeness (QED) is 0.00659. The van der Waals surface area contributed by atoms with Gasteiger partial charge < -0.3 is 98.9 Å². The summed E-state index contributed by atoms with van der Waals surface area (Å²) in [6, 6.07) is 4.42. The van der Waals surface area contributed by atoms with Crippen LogP contribution >= 0.6 is 0 Å². The summed E-state index contributed by atoms with van der Waals surface area (Å²) in [6.45, 7) is 18.1. The van der Waals surface area contributed by atoms with Crippen molar-refractivity contribution in [3.05, 3.63) is 84.0 Å². The van der Waals surface area contributed by atoms with Gasteiger partial charge >= 0.3 is 5.97 Å². The number of nitrogen functional groups attached to an aromatic ring is 2. The van der Waals surface area contributed by atoms with E-state index in [0.29, 0.717) is 207 Å². The number of ketones is 1. The number of rotatable bonds is 35. The Hall–Kier alpha value is -8.52. The number of fused-ring (bicyclic) bond motifs is 5. The maximum absolute atomic E-state index is 14.9. The predicted octanol–water partition coefficient (Wildman–Crippen LogP) is 8.28. The highest BCUT2D eigenvalue weighted by Gasteiger charge is 2.53. The summed E-state index contributed by atoms with van der Waals surface area (Å²) in [5.74, 6) is -6.64. The first-order chi connectivity index (χ1) is 57.8. The first-order valence-corrected chi connectivity index (χ1v) is 42.5. The third kappa shape index (κ3) is 27.7. The Morgan fingerprint density at radius 3 is 2.22 bits per heavy atom. The number of carbonyl (C=O) groups is 5. The number of benzene rings is 1. The number of aliphatic hydroxyl groups is 3. The van der Waals surface area contributed by atoms with Crippen molar-refractivity contribution in [2.75, 3.05) is 112 Å². The number of aromatic nitrogens is 8. The molecule has 0 unspecified atom stereocenters. The minimum absolute atomic E-state index is 0.0163. The standard InChI is InChI=1S/C86H130N14O20/c1-54-20-13-12-14-21-55(2)69(109-8)49-64-28-25-60(7)86(108,120-64)80(105)83(106)99-33-17-15-22-66(99)84(107)118-71(57(4)46-61-26-29-67(101)72(47-61)111-10)50-70(110-9)56(3)45-59(6)78(104)79(112-11)76(58(5)44-54)96-117-52-63-51-98(97-94-63)35-37-114-39-41-116-43-42-115-40-38-113-36-32-90-74(103)24-19-23-73(102)89-31-16-18-34-100-82-75(81(87)91-53-92-82)77(95-100)62-27-30-68-65(48-62)93-85(88)119-68/h12-14,20-21,27,30,45,48,51,53-54,56-58,60-61,64,66-67,69-72,78-79,101,104,108H,15-19,22-26,28-29,31-44,46-47,49-50,52H2,1-11H3,(H2,88,93)(H,89,102)(H,90,103)(H2,87,91,92)/b14-12+,20-13+,55-21+,59-45+,96-76?/t54-,56-,57-,58-,60-,61+,64+,66+,67-,69+,70-,71+,72-,78-,79+,86-/m1/s1. The van der Waals surface area contributed by atoms with Crippen LogP contribution in [0.3, 0.4) is 0 Å². The largest absolute Gasteiger partial charge is 0.460 e. The van der Waals surface area contributed by atoms with Crippen molar-refractivity contribution in [2.45, 2.75) is 238 Å². The first-order valence-electron chi connectivity index (χ1n) is 42.5. The van der Waals surface area contributed by atoms with E-state index in [4.69, 9.17) is 78.3 Å². The van der Waals surface area contributed by atoms with Crippen molar-refractivity contribution in [3.63, 3.8) is 0 Å². The molecule has 1 saturated carbocycles. The Bertz CT molecular complexity index is 4220. The molecule has 9 rings (SSSR count). The van der Waals surface area contributed by atoms with Crippen LogP contribution in [0.2, 0.25) is 0 Å². The van der Waals surface area contributed by atoms with Gasteiger partial charge in [-0.3, -0.25) is 19.2 Å². The van der Waals surface area contributed by atoms with Crippen LogP contribution in [-0.2, 0) is 95.9 Å². The lowest BCUT2D eigenvalue weighted by Gasteiger charge is -2.43. The van der Waals surface area contributed by atoms with Crippen LogP contribution in [0, 0.1) is 35.5 Å². The molecule has 2 bridgehead atoms. The summed E-state index contributed by atoms with van der Waals surface area (Å²) in [7, 11) is 6.31. The van der Waals surface area contributed by atoms with Crippen LogP contribution in [0.25, 0.3) is 33.4 Å².